The van der Waals surface area contributed by atoms with Crippen LogP contribution in [0.25, 0.3) is 6.08 Å². The van der Waals surface area contributed by atoms with Crippen molar-refractivity contribution in [3.05, 3.63) is 87.7 Å². The molecule has 2 N–H and O–H groups in total. The normalized spacial score (nSPS) is 13.8. The average Bonchev–Trinajstić information content (AvgIpc) is 3.47. The van der Waals surface area contributed by atoms with Gasteiger partial charge in [-0.1, -0.05) is 30.3 Å². The molecule has 2 heterocycles. The van der Waals surface area contributed by atoms with Gasteiger partial charge in [0.25, 0.3) is 11.8 Å². The fourth-order valence-electron chi connectivity index (χ4n) is 3.54. The molecule has 0 bridgehead atoms. The van der Waals surface area contributed by atoms with Crippen molar-refractivity contribution in [3.8, 4) is 0 Å². The van der Waals surface area contributed by atoms with Crippen LogP contribution in [0.1, 0.15) is 33.6 Å². The summed E-state index contributed by atoms with van der Waals surface area (Å²) in [4.78, 5) is 40.6. The molecule has 0 radical (unpaired) electrons. The number of hydrogen-bond donors (Lipinski definition) is 2. The van der Waals surface area contributed by atoms with Crippen molar-refractivity contribution in [2.75, 3.05) is 16.8 Å². The lowest BCUT2D eigenvalue weighted by Crippen LogP contribution is -2.31. The Morgan fingerprint density at radius 3 is 2.56 bits per heavy atom. The van der Waals surface area contributed by atoms with Crippen molar-refractivity contribution >= 4 is 46.5 Å². The van der Waals surface area contributed by atoms with Crippen LogP contribution in [0, 0.1) is 6.92 Å². The Morgan fingerprint density at radius 1 is 1.06 bits per heavy atom. The first kappa shape index (κ1) is 21.5. The highest BCUT2D eigenvalue weighted by Gasteiger charge is 2.23. The summed E-state index contributed by atoms with van der Waals surface area (Å²) in [5, 5.41) is 7.50. The standard InChI is InChI=1S/C25H23N3O3S/c1-17-11-12-19(15-22(17)28-13-5-10-23(28)29)26-25(31)21(16-20-9-6-14-32-20)27-24(30)18-7-3-2-4-8-18/h2-4,6-9,11-12,14-16H,5,10,13H2,1H3,(H,26,31)(H,27,30)/b21-16-. The Morgan fingerprint density at radius 2 is 1.88 bits per heavy atom. The second kappa shape index (κ2) is 9.62. The third kappa shape index (κ3) is 4.95. The Bertz CT molecular complexity index is 1170. The van der Waals surface area contributed by atoms with E-state index in [4.69, 9.17) is 0 Å². The zero-order valence-corrected chi connectivity index (χ0v) is 18.4. The number of anilines is 2. The van der Waals surface area contributed by atoms with E-state index in [1.807, 2.05) is 36.6 Å². The molecule has 2 aromatic carbocycles. The summed E-state index contributed by atoms with van der Waals surface area (Å²) in [7, 11) is 0. The Labute approximate surface area is 190 Å². The Balaban J connectivity index is 1.58. The van der Waals surface area contributed by atoms with Gasteiger partial charge in [-0.3, -0.25) is 14.4 Å². The third-order valence-electron chi connectivity index (χ3n) is 5.19. The van der Waals surface area contributed by atoms with Crippen LogP contribution in [0.5, 0.6) is 0 Å². The van der Waals surface area contributed by atoms with Crippen molar-refractivity contribution in [1.29, 1.82) is 0 Å². The van der Waals surface area contributed by atoms with E-state index >= 15 is 0 Å². The lowest BCUT2D eigenvalue weighted by Gasteiger charge is -2.20. The summed E-state index contributed by atoms with van der Waals surface area (Å²) >= 11 is 1.47. The van der Waals surface area contributed by atoms with Crippen molar-refractivity contribution in [2.24, 2.45) is 0 Å². The van der Waals surface area contributed by atoms with Gasteiger partial charge < -0.3 is 15.5 Å². The number of carbonyl (C=O) groups is 3. The molecule has 4 rings (SSSR count). The monoisotopic (exact) mass is 445 g/mol. The smallest absolute Gasteiger partial charge is 0.272 e. The molecule has 0 atom stereocenters. The molecule has 0 saturated carbocycles. The number of aryl methyl sites for hydroxylation is 1. The highest BCUT2D eigenvalue weighted by atomic mass is 32.1. The summed E-state index contributed by atoms with van der Waals surface area (Å²) in [5.41, 5.74) is 2.91. The maximum atomic E-state index is 13.1. The molecule has 3 amide bonds. The maximum absolute atomic E-state index is 13.1. The molecule has 1 aliphatic heterocycles. The SMILES string of the molecule is Cc1ccc(NC(=O)/C(=C/c2cccs2)NC(=O)c2ccccc2)cc1N1CCCC1=O. The Hall–Kier alpha value is -3.71. The molecule has 32 heavy (non-hydrogen) atoms. The van der Waals surface area contributed by atoms with Gasteiger partial charge in [0.15, 0.2) is 0 Å². The van der Waals surface area contributed by atoms with E-state index in [-0.39, 0.29) is 17.5 Å². The van der Waals surface area contributed by atoms with E-state index in [0.717, 1.165) is 22.5 Å². The van der Waals surface area contributed by atoms with Crippen LogP contribution in [0.2, 0.25) is 0 Å². The molecule has 7 heteroatoms. The largest absolute Gasteiger partial charge is 0.321 e. The minimum atomic E-state index is -0.440. The van der Waals surface area contributed by atoms with Crippen LogP contribution >= 0.6 is 11.3 Å². The van der Waals surface area contributed by atoms with Gasteiger partial charge in [-0.2, -0.15) is 0 Å². The molecule has 0 spiro atoms. The van der Waals surface area contributed by atoms with Gasteiger partial charge in [-0.25, -0.2) is 0 Å². The molecule has 1 aromatic heterocycles. The molecule has 0 unspecified atom stereocenters. The van der Waals surface area contributed by atoms with Gasteiger partial charge in [-0.05, 0) is 60.7 Å². The summed E-state index contributed by atoms with van der Waals surface area (Å²) in [5.74, 6) is -0.717. The van der Waals surface area contributed by atoms with E-state index in [9.17, 15) is 14.4 Å². The number of hydrogen-bond acceptors (Lipinski definition) is 4. The first-order valence-electron chi connectivity index (χ1n) is 10.4. The van der Waals surface area contributed by atoms with Gasteiger partial charge in [0.05, 0.1) is 0 Å². The van der Waals surface area contributed by atoms with Gasteiger partial charge >= 0.3 is 0 Å². The second-order valence-electron chi connectivity index (χ2n) is 7.50. The Kier molecular flexibility index (Phi) is 6.47. The minimum Gasteiger partial charge on any atom is -0.321 e. The third-order valence-corrected chi connectivity index (χ3v) is 6.01. The lowest BCUT2D eigenvalue weighted by atomic mass is 10.1. The van der Waals surface area contributed by atoms with Crippen LogP contribution in [0.3, 0.4) is 0 Å². The van der Waals surface area contributed by atoms with Gasteiger partial charge in [-0.15, -0.1) is 11.3 Å². The van der Waals surface area contributed by atoms with E-state index in [0.29, 0.717) is 24.2 Å². The summed E-state index contributed by atoms with van der Waals surface area (Å²) in [6.45, 7) is 2.61. The fraction of sp³-hybridized carbons (Fsp3) is 0.160. The van der Waals surface area contributed by atoms with E-state index in [1.54, 1.807) is 47.4 Å². The molecule has 6 nitrogen and oxygen atoms in total. The molecule has 3 aromatic rings. The van der Waals surface area contributed by atoms with E-state index in [1.165, 1.54) is 11.3 Å². The number of thiophene rings is 1. The molecule has 162 valence electrons. The number of nitrogens with zero attached hydrogens (tertiary/aromatic N) is 1. The highest BCUT2D eigenvalue weighted by molar-refractivity contribution is 7.10. The molecular weight excluding hydrogens is 422 g/mol. The second-order valence-corrected chi connectivity index (χ2v) is 8.48. The summed E-state index contributed by atoms with van der Waals surface area (Å²) in [6, 6.07) is 18.0. The molecule has 1 saturated heterocycles. The predicted molar refractivity (Wildman–Crippen MR) is 128 cm³/mol. The maximum Gasteiger partial charge on any atom is 0.272 e. The predicted octanol–water partition coefficient (Wildman–Crippen LogP) is 4.59. The number of nitrogens with one attached hydrogen (secondary N) is 2. The molecular formula is C25H23N3O3S. The zero-order chi connectivity index (χ0) is 22.5. The molecule has 0 aliphatic carbocycles. The van der Waals surface area contributed by atoms with Gasteiger partial charge in [0, 0.05) is 34.8 Å². The first-order chi connectivity index (χ1) is 15.5. The van der Waals surface area contributed by atoms with Crippen LogP contribution in [-0.2, 0) is 9.59 Å². The number of carbonyl (C=O) groups excluding carboxylic acids is 3. The van der Waals surface area contributed by atoms with Crippen molar-refractivity contribution in [2.45, 2.75) is 19.8 Å². The fourth-order valence-corrected chi connectivity index (χ4v) is 4.19. The number of amides is 3. The minimum absolute atomic E-state index is 0.0879. The van der Waals surface area contributed by atoms with Crippen molar-refractivity contribution in [1.82, 2.24) is 5.32 Å². The van der Waals surface area contributed by atoms with E-state index in [2.05, 4.69) is 10.6 Å². The average molecular weight is 446 g/mol. The first-order valence-corrected chi connectivity index (χ1v) is 11.2. The topological polar surface area (TPSA) is 78.5 Å². The van der Waals surface area contributed by atoms with Crippen molar-refractivity contribution < 1.29 is 14.4 Å². The van der Waals surface area contributed by atoms with Gasteiger partial charge in [0.1, 0.15) is 5.70 Å². The van der Waals surface area contributed by atoms with Crippen LogP contribution in [0.15, 0.2) is 71.7 Å². The van der Waals surface area contributed by atoms with Crippen molar-refractivity contribution in [3.63, 3.8) is 0 Å². The molecule has 1 aliphatic rings. The summed E-state index contributed by atoms with van der Waals surface area (Å²) in [6.07, 6.45) is 3.02. The lowest BCUT2D eigenvalue weighted by molar-refractivity contribution is -0.117. The van der Waals surface area contributed by atoms with E-state index < -0.39 is 5.91 Å². The highest BCUT2D eigenvalue weighted by Crippen LogP contribution is 2.28. The van der Waals surface area contributed by atoms with Gasteiger partial charge in [0.2, 0.25) is 5.91 Å². The molecule has 1 fully saturated rings. The zero-order valence-electron chi connectivity index (χ0n) is 17.6. The quantitative estimate of drug-likeness (QED) is 0.545. The number of benzene rings is 2. The summed E-state index contributed by atoms with van der Waals surface area (Å²) < 4.78 is 0. The van der Waals surface area contributed by atoms with Crippen LogP contribution in [-0.4, -0.2) is 24.3 Å². The number of rotatable bonds is 6. The van der Waals surface area contributed by atoms with Crippen LogP contribution in [0.4, 0.5) is 11.4 Å². The van der Waals surface area contributed by atoms with Crippen LogP contribution < -0.4 is 15.5 Å².